The Hall–Kier alpha value is -0.720. The summed E-state index contributed by atoms with van der Waals surface area (Å²) in [6, 6.07) is 0. The Morgan fingerprint density at radius 3 is 2.45 bits per heavy atom. The first kappa shape index (κ1) is 17.3. The molecule has 1 aromatic heterocycles. The highest BCUT2D eigenvalue weighted by atomic mass is 79.9. The summed E-state index contributed by atoms with van der Waals surface area (Å²) in [5.41, 5.74) is 0.343. The Labute approximate surface area is 129 Å². The van der Waals surface area contributed by atoms with Crippen molar-refractivity contribution in [3.05, 3.63) is 16.0 Å². The molecule has 1 atom stereocenters. The second-order valence-electron chi connectivity index (χ2n) is 4.64. The highest BCUT2D eigenvalue weighted by Crippen LogP contribution is 2.31. The van der Waals surface area contributed by atoms with Gasteiger partial charge in [0, 0.05) is 20.3 Å². The zero-order chi connectivity index (χ0) is 15.2. The molecular weight excluding hydrogens is 322 g/mol. The molecule has 5 nitrogen and oxygen atoms in total. The molecular formula is C14H24BrN3O2. The predicted octanol–water partition coefficient (Wildman–Crippen LogP) is 3.48. The van der Waals surface area contributed by atoms with E-state index in [9.17, 15) is 0 Å². The van der Waals surface area contributed by atoms with Crippen molar-refractivity contribution >= 4 is 21.7 Å². The van der Waals surface area contributed by atoms with Crippen molar-refractivity contribution in [3.8, 4) is 0 Å². The molecule has 1 aromatic rings. The van der Waals surface area contributed by atoms with Crippen LogP contribution in [0.1, 0.15) is 45.6 Å². The molecule has 0 saturated carbocycles. The van der Waals surface area contributed by atoms with Crippen LogP contribution in [0, 0.1) is 0 Å². The van der Waals surface area contributed by atoms with Gasteiger partial charge in [0.15, 0.2) is 5.82 Å². The Morgan fingerprint density at radius 1 is 1.25 bits per heavy atom. The normalized spacial score (nSPS) is 14.1. The SMILES string of the molecule is CCNc1nc(C(C)(CC)OCC)nc(COC)c1Br. The molecule has 1 heterocycles. The maximum absolute atomic E-state index is 5.86. The molecule has 0 amide bonds. The van der Waals surface area contributed by atoms with Gasteiger partial charge in [-0.1, -0.05) is 6.92 Å². The second-order valence-corrected chi connectivity index (χ2v) is 5.43. The van der Waals surface area contributed by atoms with Crippen LogP contribution in [0.25, 0.3) is 0 Å². The van der Waals surface area contributed by atoms with Crippen LogP contribution in [0.3, 0.4) is 0 Å². The summed E-state index contributed by atoms with van der Waals surface area (Å²) in [7, 11) is 1.66. The van der Waals surface area contributed by atoms with Gasteiger partial charge < -0.3 is 14.8 Å². The Balaban J connectivity index is 3.31. The van der Waals surface area contributed by atoms with Crippen LogP contribution in [0.15, 0.2) is 4.47 Å². The number of nitrogens with one attached hydrogen (secondary N) is 1. The molecule has 0 aliphatic rings. The molecule has 0 aromatic carbocycles. The van der Waals surface area contributed by atoms with E-state index in [2.05, 4.69) is 38.1 Å². The Kier molecular flexibility index (Phi) is 6.85. The van der Waals surface area contributed by atoms with Crippen LogP contribution < -0.4 is 5.32 Å². The smallest absolute Gasteiger partial charge is 0.162 e. The first-order valence-electron chi connectivity index (χ1n) is 6.96. The first-order valence-corrected chi connectivity index (χ1v) is 7.75. The Bertz CT molecular complexity index is 415. The number of aromatic nitrogens is 2. The van der Waals surface area contributed by atoms with E-state index in [4.69, 9.17) is 9.47 Å². The fourth-order valence-electron chi connectivity index (χ4n) is 1.89. The van der Waals surface area contributed by atoms with E-state index in [1.165, 1.54) is 0 Å². The third-order valence-corrected chi connectivity index (χ3v) is 3.99. The lowest BCUT2D eigenvalue weighted by atomic mass is 10.0. The standard InChI is InChI=1S/C14H24BrN3O2/c1-6-14(4,20-8-3)13-17-10(9-19-5)11(15)12(18-13)16-7-2/h6-9H2,1-5H3,(H,16,17,18). The van der Waals surface area contributed by atoms with Crippen molar-refractivity contribution in [2.24, 2.45) is 0 Å². The molecule has 0 aliphatic carbocycles. The number of nitrogens with zero attached hydrogens (tertiary/aromatic N) is 2. The Morgan fingerprint density at radius 2 is 1.95 bits per heavy atom. The number of ether oxygens (including phenoxy) is 2. The van der Waals surface area contributed by atoms with Crippen molar-refractivity contribution in [2.75, 3.05) is 25.6 Å². The van der Waals surface area contributed by atoms with E-state index < -0.39 is 5.60 Å². The van der Waals surface area contributed by atoms with Gasteiger partial charge >= 0.3 is 0 Å². The molecule has 1 unspecified atom stereocenters. The molecule has 0 fully saturated rings. The zero-order valence-corrected chi connectivity index (χ0v) is 14.5. The summed E-state index contributed by atoms with van der Waals surface area (Å²) in [6.45, 7) is 9.95. The predicted molar refractivity (Wildman–Crippen MR) is 83.9 cm³/mol. The maximum atomic E-state index is 5.86. The number of methoxy groups -OCH3 is 1. The molecule has 0 radical (unpaired) electrons. The lowest BCUT2D eigenvalue weighted by Gasteiger charge is -2.27. The first-order chi connectivity index (χ1) is 9.52. The second kappa shape index (κ2) is 7.90. The van der Waals surface area contributed by atoms with Crippen molar-refractivity contribution in [3.63, 3.8) is 0 Å². The van der Waals surface area contributed by atoms with E-state index in [1.807, 2.05) is 20.8 Å². The summed E-state index contributed by atoms with van der Waals surface area (Å²) in [4.78, 5) is 9.24. The number of hydrogen-bond acceptors (Lipinski definition) is 5. The molecule has 20 heavy (non-hydrogen) atoms. The molecule has 6 heteroatoms. The third kappa shape index (κ3) is 3.90. The van der Waals surface area contributed by atoms with Gasteiger partial charge in [0.1, 0.15) is 11.4 Å². The third-order valence-electron chi connectivity index (χ3n) is 3.16. The van der Waals surface area contributed by atoms with Gasteiger partial charge in [-0.3, -0.25) is 0 Å². The summed E-state index contributed by atoms with van der Waals surface area (Å²) >= 11 is 3.54. The minimum Gasteiger partial charge on any atom is -0.378 e. The highest BCUT2D eigenvalue weighted by molar-refractivity contribution is 9.10. The van der Waals surface area contributed by atoms with Crippen LogP contribution in [0.5, 0.6) is 0 Å². The molecule has 114 valence electrons. The minimum absolute atomic E-state index is 0.431. The molecule has 0 saturated heterocycles. The molecule has 0 aliphatic heterocycles. The number of halogens is 1. The van der Waals surface area contributed by atoms with E-state index in [1.54, 1.807) is 7.11 Å². The maximum Gasteiger partial charge on any atom is 0.162 e. The fraction of sp³-hybridized carbons (Fsp3) is 0.714. The lowest BCUT2D eigenvalue weighted by molar-refractivity contribution is -0.0392. The molecule has 0 bridgehead atoms. The van der Waals surface area contributed by atoms with Crippen molar-refractivity contribution in [2.45, 2.75) is 46.3 Å². The van der Waals surface area contributed by atoms with E-state index in [-0.39, 0.29) is 0 Å². The van der Waals surface area contributed by atoms with Crippen LogP contribution in [-0.4, -0.2) is 30.2 Å². The van der Waals surface area contributed by atoms with Gasteiger partial charge in [0.25, 0.3) is 0 Å². The molecule has 1 rings (SSSR count). The number of hydrogen-bond donors (Lipinski definition) is 1. The molecule has 0 spiro atoms. The van der Waals surface area contributed by atoms with Crippen LogP contribution in [0.2, 0.25) is 0 Å². The van der Waals surface area contributed by atoms with Gasteiger partial charge in [-0.2, -0.15) is 0 Å². The zero-order valence-electron chi connectivity index (χ0n) is 12.9. The highest BCUT2D eigenvalue weighted by Gasteiger charge is 2.30. The van der Waals surface area contributed by atoms with Crippen LogP contribution in [-0.2, 0) is 21.7 Å². The van der Waals surface area contributed by atoms with Gasteiger partial charge in [-0.15, -0.1) is 0 Å². The van der Waals surface area contributed by atoms with Gasteiger partial charge in [-0.25, -0.2) is 9.97 Å². The summed E-state index contributed by atoms with van der Waals surface area (Å²) in [5.74, 6) is 1.47. The molecule has 1 N–H and O–H groups in total. The average molecular weight is 346 g/mol. The van der Waals surface area contributed by atoms with Crippen molar-refractivity contribution in [1.82, 2.24) is 9.97 Å². The van der Waals surface area contributed by atoms with Crippen molar-refractivity contribution < 1.29 is 9.47 Å². The van der Waals surface area contributed by atoms with Crippen LogP contribution in [0.4, 0.5) is 5.82 Å². The van der Waals surface area contributed by atoms with E-state index in [0.717, 1.165) is 29.0 Å². The largest absolute Gasteiger partial charge is 0.378 e. The topological polar surface area (TPSA) is 56.3 Å². The monoisotopic (exact) mass is 345 g/mol. The van der Waals surface area contributed by atoms with Gasteiger partial charge in [0.2, 0.25) is 0 Å². The number of rotatable bonds is 8. The van der Waals surface area contributed by atoms with Gasteiger partial charge in [0.05, 0.1) is 16.8 Å². The van der Waals surface area contributed by atoms with Crippen molar-refractivity contribution in [1.29, 1.82) is 0 Å². The van der Waals surface area contributed by atoms with Crippen LogP contribution >= 0.6 is 15.9 Å². The minimum atomic E-state index is -0.484. The summed E-state index contributed by atoms with van der Waals surface area (Å²) < 4.78 is 11.9. The van der Waals surface area contributed by atoms with E-state index >= 15 is 0 Å². The lowest BCUT2D eigenvalue weighted by Crippen LogP contribution is -2.29. The van der Waals surface area contributed by atoms with Gasteiger partial charge in [-0.05, 0) is 43.1 Å². The summed E-state index contributed by atoms with van der Waals surface area (Å²) in [6.07, 6.45) is 0.806. The quantitative estimate of drug-likeness (QED) is 0.781. The fourth-order valence-corrected chi connectivity index (χ4v) is 2.32. The number of anilines is 1. The average Bonchev–Trinajstić information content (AvgIpc) is 2.43. The summed E-state index contributed by atoms with van der Waals surface area (Å²) in [5, 5.41) is 3.24. The van der Waals surface area contributed by atoms with E-state index in [0.29, 0.717) is 19.0 Å².